The van der Waals surface area contributed by atoms with Gasteiger partial charge in [-0.2, -0.15) is 4.31 Å². The average molecular weight is 342 g/mol. The Morgan fingerprint density at radius 2 is 2.21 bits per heavy atom. The summed E-state index contributed by atoms with van der Waals surface area (Å²) in [4.78, 5) is 0.911. The lowest BCUT2D eigenvalue weighted by Crippen LogP contribution is -2.34. The number of hydrogen-bond donors (Lipinski definition) is 0. The molecule has 1 aromatic rings. The van der Waals surface area contributed by atoms with Crippen molar-refractivity contribution in [3.63, 3.8) is 0 Å². The maximum absolute atomic E-state index is 12.3. The number of thiophene rings is 1. The summed E-state index contributed by atoms with van der Waals surface area (Å²) in [5.41, 5.74) is 0. The molecular formula is C12H17Cl2NO2S2. The van der Waals surface area contributed by atoms with Crippen LogP contribution in [-0.4, -0.2) is 30.9 Å². The lowest BCUT2D eigenvalue weighted by Gasteiger charge is -2.21. The highest BCUT2D eigenvalue weighted by Gasteiger charge is 2.24. The molecule has 0 saturated heterocycles. The standard InChI is InChI=1S/C12H17Cl2NO2S2/c1-3-6-15(8-11-4-5-12(14)18-11)19(16,17)9-10(2)7-13/h3-5,10H,1,6-9H2,2H3. The fourth-order valence-electron chi connectivity index (χ4n) is 1.54. The van der Waals surface area contributed by atoms with E-state index in [0.29, 0.717) is 16.8 Å². The molecule has 7 heteroatoms. The molecule has 1 aromatic heterocycles. The van der Waals surface area contributed by atoms with Crippen molar-refractivity contribution in [2.45, 2.75) is 13.5 Å². The summed E-state index contributed by atoms with van der Waals surface area (Å²) in [6.07, 6.45) is 1.58. The highest BCUT2D eigenvalue weighted by molar-refractivity contribution is 7.89. The first-order chi connectivity index (χ1) is 8.89. The van der Waals surface area contributed by atoms with Gasteiger partial charge in [0.2, 0.25) is 10.0 Å². The van der Waals surface area contributed by atoms with E-state index in [2.05, 4.69) is 6.58 Å². The molecule has 108 valence electrons. The molecule has 1 atom stereocenters. The van der Waals surface area contributed by atoms with Crippen molar-refractivity contribution < 1.29 is 8.42 Å². The Morgan fingerprint density at radius 1 is 1.53 bits per heavy atom. The molecule has 0 radical (unpaired) electrons. The SMILES string of the molecule is C=CCN(Cc1ccc(Cl)s1)S(=O)(=O)CC(C)CCl. The van der Waals surface area contributed by atoms with Crippen LogP contribution in [0, 0.1) is 5.92 Å². The van der Waals surface area contributed by atoms with Crippen LogP contribution in [0.15, 0.2) is 24.8 Å². The second kappa shape index (κ2) is 7.64. The maximum atomic E-state index is 12.3. The van der Waals surface area contributed by atoms with E-state index in [9.17, 15) is 8.42 Å². The second-order valence-electron chi connectivity index (χ2n) is 4.33. The van der Waals surface area contributed by atoms with E-state index in [1.54, 1.807) is 12.1 Å². The lowest BCUT2D eigenvalue weighted by atomic mass is 10.3. The van der Waals surface area contributed by atoms with Gasteiger partial charge in [-0.1, -0.05) is 24.6 Å². The molecule has 1 unspecified atom stereocenters. The molecule has 0 bridgehead atoms. The number of rotatable bonds is 8. The monoisotopic (exact) mass is 341 g/mol. The van der Waals surface area contributed by atoms with Gasteiger partial charge < -0.3 is 0 Å². The summed E-state index contributed by atoms with van der Waals surface area (Å²) in [7, 11) is -3.34. The van der Waals surface area contributed by atoms with Gasteiger partial charge in [-0.3, -0.25) is 0 Å². The van der Waals surface area contributed by atoms with E-state index >= 15 is 0 Å². The van der Waals surface area contributed by atoms with Crippen LogP contribution in [0.1, 0.15) is 11.8 Å². The third kappa shape index (κ3) is 5.44. The van der Waals surface area contributed by atoms with Gasteiger partial charge in [0.1, 0.15) is 0 Å². The predicted molar refractivity (Wildman–Crippen MR) is 83.6 cm³/mol. The molecule has 1 heterocycles. The summed E-state index contributed by atoms with van der Waals surface area (Å²) in [6.45, 7) is 6.03. The predicted octanol–water partition coefficient (Wildman–Crippen LogP) is 3.59. The molecule has 19 heavy (non-hydrogen) atoms. The fourth-order valence-corrected chi connectivity index (χ4v) is 4.68. The summed E-state index contributed by atoms with van der Waals surface area (Å²) in [6, 6.07) is 3.60. The van der Waals surface area contributed by atoms with E-state index in [0.717, 1.165) is 4.88 Å². The van der Waals surface area contributed by atoms with Gasteiger partial charge in [-0.15, -0.1) is 29.5 Å². The van der Waals surface area contributed by atoms with Gasteiger partial charge in [0.05, 0.1) is 10.1 Å². The van der Waals surface area contributed by atoms with Crippen LogP contribution < -0.4 is 0 Å². The molecule has 0 aliphatic rings. The fraction of sp³-hybridized carbons (Fsp3) is 0.500. The molecule has 3 nitrogen and oxygen atoms in total. The van der Waals surface area contributed by atoms with Gasteiger partial charge in [0.15, 0.2) is 0 Å². The van der Waals surface area contributed by atoms with E-state index in [1.165, 1.54) is 15.6 Å². The van der Waals surface area contributed by atoms with Crippen molar-refractivity contribution in [2.24, 2.45) is 5.92 Å². The summed E-state index contributed by atoms with van der Waals surface area (Å²) < 4.78 is 26.6. The van der Waals surface area contributed by atoms with Crippen molar-refractivity contribution in [3.05, 3.63) is 34.0 Å². The number of halogens is 2. The first-order valence-electron chi connectivity index (χ1n) is 5.78. The van der Waals surface area contributed by atoms with Crippen LogP contribution in [0.5, 0.6) is 0 Å². The van der Waals surface area contributed by atoms with Crippen molar-refractivity contribution in [2.75, 3.05) is 18.2 Å². The minimum Gasteiger partial charge on any atom is -0.212 e. The van der Waals surface area contributed by atoms with Crippen LogP contribution in [0.2, 0.25) is 4.34 Å². The largest absolute Gasteiger partial charge is 0.215 e. The summed E-state index contributed by atoms with van der Waals surface area (Å²) in [5, 5.41) is 0. The average Bonchev–Trinajstić information content (AvgIpc) is 2.73. The minimum atomic E-state index is -3.34. The topological polar surface area (TPSA) is 37.4 Å². The number of alkyl halides is 1. The molecule has 0 spiro atoms. The Kier molecular flexibility index (Phi) is 6.83. The van der Waals surface area contributed by atoms with Crippen molar-refractivity contribution in [3.8, 4) is 0 Å². The lowest BCUT2D eigenvalue weighted by molar-refractivity contribution is 0.436. The van der Waals surface area contributed by atoms with Crippen LogP contribution in [0.25, 0.3) is 0 Å². The Morgan fingerprint density at radius 3 is 2.68 bits per heavy atom. The molecule has 1 rings (SSSR count). The van der Waals surface area contributed by atoms with Crippen LogP contribution in [0.4, 0.5) is 0 Å². The molecule has 0 fully saturated rings. The smallest absolute Gasteiger partial charge is 0.212 e. The van der Waals surface area contributed by atoms with Gasteiger partial charge >= 0.3 is 0 Å². The quantitative estimate of drug-likeness (QED) is 0.535. The molecular weight excluding hydrogens is 325 g/mol. The van der Waals surface area contributed by atoms with Gasteiger partial charge in [0.25, 0.3) is 0 Å². The summed E-state index contributed by atoms with van der Waals surface area (Å²) in [5.74, 6) is 0.293. The Labute approximate surface area is 128 Å². The summed E-state index contributed by atoms with van der Waals surface area (Å²) >= 11 is 12.9. The molecule has 0 N–H and O–H groups in total. The highest BCUT2D eigenvalue weighted by atomic mass is 35.5. The van der Waals surface area contributed by atoms with Crippen molar-refractivity contribution in [1.29, 1.82) is 0 Å². The van der Waals surface area contributed by atoms with Crippen molar-refractivity contribution in [1.82, 2.24) is 4.31 Å². The van der Waals surface area contributed by atoms with Crippen LogP contribution in [0.3, 0.4) is 0 Å². The normalized spacial score (nSPS) is 13.7. The Hall–Kier alpha value is -0.0700. The molecule has 0 aliphatic heterocycles. The Balaban J connectivity index is 2.84. The molecule has 0 aliphatic carbocycles. The number of sulfonamides is 1. The zero-order valence-corrected chi connectivity index (χ0v) is 13.8. The van der Waals surface area contributed by atoms with Gasteiger partial charge in [0, 0.05) is 23.8 Å². The highest BCUT2D eigenvalue weighted by Crippen LogP contribution is 2.24. The second-order valence-corrected chi connectivity index (χ2v) is 8.45. The van der Waals surface area contributed by atoms with E-state index in [1.807, 2.05) is 13.0 Å². The molecule has 0 saturated carbocycles. The molecule has 0 amide bonds. The van der Waals surface area contributed by atoms with Crippen molar-refractivity contribution >= 4 is 44.6 Å². The number of hydrogen-bond acceptors (Lipinski definition) is 3. The minimum absolute atomic E-state index is 0.0451. The molecule has 0 aromatic carbocycles. The van der Waals surface area contributed by atoms with Gasteiger partial charge in [-0.05, 0) is 18.1 Å². The zero-order chi connectivity index (χ0) is 14.5. The third-order valence-corrected chi connectivity index (χ3v) is 6.24. The Bertz CT molecular complexity index is 514. The zero-order valence-electron chi connectivity index (χ0n) is 10.7. The van der Waals surface area contributed by atoms with Crippen LogP contribution in [-0.2, 0) is 16.6 Å². The first kappa shape index (κ1) is 17.0. The number of nitrogens with zero attached hydrogens (tertiary/aromatic N) is 1. The maximum Gasteiger partial charge on any atom is 0.215 e. The first-order valence-corrected chi connectivity index (χ1v) is 9.11. The van der Waals surface area contributed by atoms with Gasteiger partial charge in [-0.25, -0.2) is 8.42 Å². The van der Waals surface area contributed by atoms with Crippen LogP contribution >= 0.6 is 34.5 Å². The third-order valence-electron chi connectivity index (χ3n) is 2.45. The van der Waals surface area contributed by atoms with E-state index in [4.69, 9.17) is 23.2 Å². The van der Waals surface area contributed by atoms with E-state index in [-0.39, 0.29) is 18.2 Å². The van der Waals surface area contributed by atoms with E-state index < -0.39 is 10.0 Å².